The van der Waals surface area contributed by atoms with Gasteiger partial charge in [0.05, 0.1) is 17.9 Å². The van der Waals surface area contributed by atoms with Crippen LogP contribution in [0.3, 0.4) is 0 Å². The zero-order valence-electron chi connectivity index (χ0n) is 21.9. The summed E-state index contributed by atoms with van der Waals surface area (Å²) in [5.74, 6) is -1.60. The number of nitrogens with one attached hydrogen (secondary N) is 2. The zero-order valence-corrected chi connectivity index (χ0v) is 23.4. The summed E-state index contributed by atoms with van der Waals surface area (Å²) in [6.45, 7) is 5.17. The number of methoxy groups -OCH3 is 1. The van der Waals surface area contributed by atoms with Crippen molar-refractivity contribution < 1.29 is 23.9 Å². The predicted octanol–water partition coefficient (Wildman–Crippen LogP) is 4.06. The van der Waals surface area contributed by atoms with Crippen LogP contribution in [0.1, 0.15) is 39.5 Å². The molecule has 8 atom stereocenters. The second-order valence-corrected chi connectivity index (χ2v) is 12.0. The molecule has 2 saturated heterocycles. The van der Waals surface area contributed by atoms with E-state index in [1.54, 1.807) is 30.2 Å². The van der Waals surface area contributed by atoms with Crippen LogP contribution < -0.4 is 10.6 Å². The third kappa shape index (κ3) is 4.74. The number of fused-ring (bicyclic) bond motifs is 1. The second kappa shape index (κ2) is 10.8. The summed E-state index contributed by atoms with van der Waals surface area (Å²) in [5, 5.41) is 6.89. The molecule has 1 aromatic rings. The van der Waals surface area contributed by atoms with Crippen molar-refractivity contribution in [3.8, 4) is 0 Å². The Hall–Kier alpha value is -2.13. The summed E-state index contributed by atoms with van der Waals surface area (Å²) >= 11 is 12.2. The zero-order chi connectivity index (χ0) is 27.2. The fourth-order valence-electron chi connectivity index (χ4n) is 6.79. The van der Waals surface area contributed by atoms with E-state index >= 15 is 0 Å². The molecule has 2 N–H and O–H groups in total. The smallest absolute Gasteiger partial charge is 0.246 e. The van der Waals surface area contributed by atoms with E-state index in [4.69, 9.17) is 32.7 Å². The third-order valence-electron chi connectivity index (χ3n) is 8.84. The molecule has 3 aliphatic heterocycles. The number of ether oxygens (including phenoxy) is 2. The molecule has 0 aromatic heterocycles. The van der Waals surface area contributed by atoms with E-state index in [1.807, 2.05) is 12.2 Å². The monoisotopic (exact) mass is 563 g/mol. The van der Waals surface area contributed by atoms with E-state index in [1.165, 1.54) is 0 Å². The van der Waals surface area contributed by atoms with Gasteiger partial charge in [-0.2, -0.15) is 0 Å². The lowest BCUT2D eigenvalue weighted by Gasteiger charge is -2.38. The summed E-state index contributed by atoms with van der Waals surface area (Å²) in [6, 6.07) is 3.95. The lowest BCUT2D eigenvalue weighted by Crippen LogP contribution is -2.58. The minimum atomic E-state index is -1.20. The molecule has 0 radical (unpaired) electrons. The molecule has 1 aliphatic carbocycles. The number of benzene rings is 1. The maximum atomic E-state index is 13.9. The number of likely N-dealkylation sites (tertiary alicyclic amines) is 1. The van der Waals surface area contributed by atoms with Crippen LogP contribution in [0.2, 0.25) is 10.0 Å². The van der Waals surface area contributed by atoms with Crippen molar-refractivity contribution in [2.75, 3.05) is 25.6 Å². The Balaban J connectivity index is 1.43. The van der Waals surface area contributed by atoms with Crippen molar-refractivity contribution in [1.82, 2.24) is 10.2 Å². The molecule has 5 rings (SSSR count). The van der Waals surface area contributed by atoms with Crippen LogP contribution >= 0.6 is 23.2 Å². The summed E-state index contributed by atoms with van der Waals surface area (Å²) in [4.78, 5) is 43.0. The van der Waals surface area contributed by atoms with Crippen molar-refractivity contribution in [2.45, 2.75) is 63.3 Å². The average Bonchev–Trinajstić information content (AvgIpc) is 3.49. The van der Waals surface area contributed by atoms with Gasteiger partial charge in [0, 0.05) is 42.0 Å². The van der Waals surface area contributed by atoms with E-state index in [9.17, 15) is 14.4 Å². The molecule has 206 valence electrons. The van der Waals surface area contributed by atoms with Crippen LogP contribution in [-0.4, -0.2) is 66.7 Å². The molecular weight excluding hydrogens is 529 g/mol. The molecule has 2 bridgehead atoms. The van der Waals surface area contributed by atoms with Gasteiger partial charge in [0.1, 0.15) is 11.6 Å². The number of amides is 3. The van der Waals surface area contributed by atoms with Crippen LogP contribution in [0.4, 0.5) is 5.69 Å². The van der Waals surface area contributed by atoms with Gasteiger partial charge in [-0.25, -0.2) is 0 Å². The first-order valence-electron chi connectivity index (χ1n) is 13.4. The predicted molar refractivity (Wildman–Crippen MR) is 145 cm³/mol. The fourth-order valence-corrected chi connectivity index (χ4v) is 7.31. The molecule has 3 fully saturated rings. The van der Waals surface area contributed by atoms with Crippen LogP contribution in [-0.2, 0) is 23.9 Å². The quantitative estimate of drug-likeness (QED) is 0.367. The van der Waals surface area contributed by atoms with Crippen molar-refractivity contribution in [3.63, 3.8) is 0 Å². The summed E-state index contributed by atoms with van der Waals surface area (Å²) in [5.41, 5.74) is -0.762. The van der Waals surface area contributed by atoms with E-state index in [0.717, 1.165) is 19.3 Å². The number of hydrogen-bond donors (Lipinski definition) is 2. The van der Waals surface area contributed by atoms with Crippen LogP contribution in [0.5, 0.6) is 0 Å². The number of rotatable bonds is 8. The largest absolute Gasteiger partial charge is 0.385 e. The summed E-state index contributed by atoms with van der Waals surface area (Å²) < 4.78 is 11.6. The number of hydrogen-bond acceptors (Lipinski definition) is 5. The number of nitrogens with zero attached hydrogens (tertiary/aromatic N) is 1. The Kier molecular flexibility index (Phi) is 7.80. The lowest BCUT2D eigenvalue weighted by atomic mass is 9.73. The highest BCUT2D eigenvalue weighted by Gasteiger charge is 2.72. The Morgan fingerprint density at radius 2 is 1.89 bits per heavy atom. The van der Waals surface area contributed by atoms with Gasteiger partial charge in [0.15, 0.2) is 0 Å². The Bertz CT molecular complexity index is 1130. The van der Waals surface area contributed by atoms with Gasteiger partial charge in [-0.15, -0.1) is 0 Å². The average molecular weight is 565 g/mol. The molecule has 3 amide bonds. The Labute approximate surface area is 233 Å². The van der Waals surface area contributed by atoms with Crippen molar-refractivity contribution in [2.24, 2.45) is 23.7 Å². The Morgan fingerprint density at radius 1 is 1.16 bits per heavy atom. The summed E-state index contributed by atoms with van der Waals surface area (Å²) in [6.07, 6.45) is 6.70. The first-order valence-corrected chi connectivity index (χ1v) is 14.2. The summed E-state index contributed by atoms with van der Waals surface area (Å²) in [7, 11) is 1.60. The minimum absolute atomic E-state index is 0.0342. The number of halogens is 2. The highest BCUT2D eigenvalue weighted by Crippen LogP contribution is 2.55. The van der Waals surface area contributed by atoms with Gasteiger partial charge in [-0.1, -0.05) is 62.0 Å². The Morgan fingerprint density at radius 3 is 2.61 bits per heavy atom. The number of anilines is 1. The molecule has 1 saturated carbocycles. The topological polar surface area (TPSA) is 97.0 Å². The second-order valence-electron chi connectivity index (χ2n) is 11.1. The molecule has 10 heteroatoms. The third-order valence-corrected chi connectivity index (χ3v) is 9.27. The molecule has 0 unspecified atom stereocenters. The standard InChI is InChI=1S/C28H35Cl2N3O5/c1-15-6-4-7-20(16(15)2)32-26(35)24-28-9-8-21(38-28)22(23(28)27(36)33(24)10-5-11-37-3)25(34)31-19-13-17(29)12-18(30)14-19/h8-9,12-16,20-24H,4-7,10-11H2,1-3H3,(H,31,34)(H,32,35)/t15-,16+,20-,21-,22-,23-,24+,28+/m1/s1. The van der Waals surface area contributed by atoms with Gasteiger partial charge in [-0.3, -0.25) is 14.4 Å². The van der Waals surface area contributed by atoms with Gasteiger partial charge in [0.25, 0.3) is 0 Å². The normalized spacial score (nSPS) is 35.4. The van der Waals surface area contributed by atoms with Crippen molar-refractivity contribution >= 4 is 46.6 Å². The molecular formula is C28H35Cl2N3O5. The van der Waals surface area contributed by atoms with E-state index in [0.29, 0.717) is 47.1 Å². The fraction of sp³-hybridized carbons (Fsp3) is 0.607. The highest BCUT2D eigenvalue weighted by molar-refractivity contribution is 6.35. The molecule has 1 aromatic carbocycles. The van der Waals surface area contributed by atoms with Gasteiger partial charge >= 0.3 is 0 Å². The molecule has 3 heterocycles. The first-order chi connectivity index (χ1) is 18.2. The van der Waals surface area contributed by atoms with Crippen LogP contribution in [0.15, 0.2) is 30.4 Å². The van der Waals surface area contributed by atoms with Crippen LogP contribution in [0, 0.1) is 23.7 Å². The van der Waals surface area contributed by atoms with Crippen molar-refractivity contribution in [1.29, 1.82) is 0 Å². The van der Waals surface area contributed by atoms with Crippen LogP contribution in [0.25, 0.3) is 0 Å². The number of carbonyl (C=O) groups excluding carboxylic acids is 3. The minimum Gasteiger partial charge on any atom is -0.385 e. The van der Waals surface area contributed by atoms with E-state index in [2.05, 4.69) is 24.5 Å². The number of carbonyl (C=O) groups is 3. The molecule has 8 nitrogen and oxygen atoms in total. The molecule has 38 heavy (non-hydrogen) atoms. The van der Waals surface area contributed by atoms with Crippen molar-refractivity contribution in [3.05, 3.63) is 40.4 Å². The SMILES string of the molecule is COCCCN1C(=O)[C@H]2[C@H](C(=O)Nc3cc(Cl)cc(Cl)c3)[C@H]3C=C[C@@]2(O3)[C@@H]1C(=O)N[C@@H]1CCC[C@@H](C)[C@@H]1C. The molecule has 4 aliphatic rings. The van der Waals surface area contributed by atoms with Gasteiger partial charge in [0.2, 0.25) is 17.7 Å². The lowest BCUT2D eigenvalue weighted by molar-refractivity contribution is -0.141. The van der Waals surface area contributed by atoms with E-state index < -0.39 is 29.6 Å². The maximum absolute atomic E-state index is 13.9. The van der Waals surface area contributed by atoms with E-state index in [-0.39, 0.29) is 23.8 Å². The van der Waals surface area contributed by atoms with Gasteiger partial charge in [-0.05, 0) is 42.9 Å². The first kappa shape index (κ1) is 27.4. The highest BCUT2D eigenvalue weighted by atomic mass is 35.5. The molecule has 1 spiro atoms. The maximum Gasteiger partial charge on any atom is 0.246 e. The van der Waals surface area contributed by atoms with Gasteiger partial charge < -0.3 is 25.0 Å².